The summed E-state index contributed by atoms with van der Waals surface area (Å²) < 4.78 is 94.9. The van der Waals surface area contributed by atoms with Crippen molar-refractivity contribution in [1.29, 1.82) is 0 Å². The first-order chi connectivity index (χ1) is 14.4. The molecule has 3 aromatic carbocycles. The number of rotatable bonds is 1. The molecule has 0 saturated carbocycles. The molecule has 0 aliphatic rings. The zero-order valence-electron chi connectivity index (χ0n) is 21.4. The van der Waals surface area contributed by atoms with Crippen molar-refractivity contribution < 1.29 is 19.5 Å². The van der Waals surface area contributed by atoms with Gasteiger partial charge in [0.2, 0.25) is 0 Å². The summed E-state index contributed by atoms with van der Waals surface area (Å²) in [6.07, 6.45) is 0. The number of benzene rings is 3. The monoisotopic (exact) mass is 269 g/mol. The molecule has 1 heterocycles. The van der Waals surface area contributed by atoms with Crippen molar-refractivity contribution in [3.05, 3.63) is 72.0 Å². The second-order valence-electron chi connectivity index (χ2n) is 4.26. The molecule has 4 rings (SSSR count). The molecule has 96 valence electrons. The predicted molar refractivity (Wildman–Crippen MR) is 83.9 cm³/mol. The van der Waals surface area contributed by atoms with Gasteiger partial charge in [0, 0.05) is 10.8 Å². The van der Waals surface area contributed by atoms with Crippen molar-refractivity contribution in [2.45, 2.75) is 6.92 Å². The molecule has 0 aliphatic heterocycles. The summed E-state index contributed by atoms with van der Waals surface area (Å²) in [4.78, 5) is 0. The molecular formula is C19H14O. The first-order valence-electron chi connectivity index (χ1n) is 11.4. The summed E-state index contributed by atoms with van der Waals surface area (Å²) in [5.74, 6) is 0. The van der Waals surface area contributed by atoms with Gasteiger partial charge < -0.3 is 4.42 Å². The molecule has 0 aliphatic carbocycles. The maximum Gasteiger partial charge on any atom is 0.136 e. The first-order valence-corrected chi connectivity index (χ1v) is 5.91. The van der Waals surface area contributed by atoms with E-state index in [0.29, 0.717) is 0 Å². The van der Waals surface area contributed by atoms with E-state index in [2.05, 4.69) is 0 Å². The molecule has 1 nitrogen and oxygen atoms in total. The molecule has 0 unspecified atom stereocenters. The fourth-order valence-corrected chi connectivity index (χ4v) is 2.16. The molecule has 0 N–H and O–H groups in total. The lowest BCUT2D eigenvalue weighted by Crippen LogP contribution is -1.80. The van der Waals surface area contributed by atoms with E-state index in [0.717, 1.165) is 0 Å². The highest BCUT2D eigenvalue weighted by Crippen LogP contribution is 2.34. The summed E-state index contributed by atoms with van der Waals surface area (Å²) in [6.45, 7) is 1.50. The van der Waals surface area contributed by atoms with Crippen molar-refractivity contribution in [3.8, 4) is 11.1 Å². The van der Waals surface area contributed by atoms with Crippen molar-refractivity contribution >= 4 is 21.9 Å². The molecular weight excluding hydrogens is 244 g/mol. The lowest BCUT2D eigenvalue weighted by Gasteiger charge is -2.04. The highest BCUT2D eigenvalue weighted by Gasteiger charge is 2.10. The topological polar surface area (TPSA) is 13.1 Å². The number of hydrogen-bond donors (Lipinski definition) is 0. The van der Waals surface area contributed by atoms with Crippen LogP contribution in [-0.4, -0.2) is 0 Å². The third-order valence-corrected chi connectivity index (χ3v) is 3.01. The van der Waals surface area contributed by atoms with E-state index in [4.69, 9.17) is 19.5 Å². The number of hydrogen-bond acceptors (Lipinski definition) is 1. The van der Waals surface area contributed by atoms with E-state index in [1.54, 1.807) is 0 Å². The van der Waals surface area contributed by atoms with Crippen LogP contribution >= 0.6 is 0 Å². The van der Waals surface area contributed by atoms with E-state index < -0.39 is 54.4 Å². The molecule has 0 saturated heterocycles. The van der Waals surface area contributed by atoms with Crippen LogP contribution < -0.4 is 0 Å². The molecule has 1 aromatic heterocycles. The second-order valence-corrected chi connectivity index (χ2v) is 4.26. The smallest absolute Gasteiger partial charge is 0.136 e. The van der Waals surface area contributed by atoms with Crippen LogP contribution in [0.4, 0.5) is 0 Å². The van der Waals surface area contributed by atoms with E-state index in [-0.39, 0.29) is 50.7 Å². The van der Waals surface area contributed by atoms with Gasteiger partial charge in [-0.05, 0) is 35.7 Å². The summed E-state index contributed by atoms with van der Waals surface area (Å²) in [5, 5.41) is 0.196. The Labute approximate surface area is 132 Å². The highest BCUT2D eigenvalue weighted by molar-refractivity contribution is 6.07. The zero-order chi connectivity index (χ0) is 23.1. The van der Waals surface area contributed by atoms with Crippen LogP contribution in [0.5, 0.6) is 0 Å². The number of aryl methyl sites for hydroxylation is 1. The average molecular weight is 269 g/mol. The molecule has 0 spiro atoms. The van der Waals surface area contributed by atoms with Crippen molar-refractivity contribution in [2.75, 3.05) is 0 Å². The summed E-state index contributed by atoms with van der Waals surface area (Å²) in [5.41, 5.74) is -0.647. The van der Waals surface area contributed by atoms with Crippen molar-refractivity contribution in [2.24, 2.45) is 0 Å². The molecule has 0 fully saturated rings. The molecule has 0 bridgehead atoms. The van der Waals surface area contributed by atoms with Gasteiger partial charge in [0.25, 0.3) is 0 Å². The maximum absolute atomic E-state index is 8.62. The van der Waals surface area contributed by atoms with Crippen LogP contribution in [0.1, 0.15) is 20.6 Å². The van der Waals surface area contributed by atoms with Crippen LogP contribution in [0.25, 0.3) is 33.1 Å². The third kappa shape index (κ3) is 1.64. The van der Waals surface area contributed by atoms with Crippen LogP contribution in [-0.2, 0) is 0 Å². The Bertz CT molecular complexity index is 1420. The van der Waals surface area contributed by atoms with Crippen LogP contribution in [0, 0.1) is 6.92 Å². The van der Waals surface area contributed by atoms with E-state index in [9.17, 15) is 0 Å². The number of para-hydroxylation sites is 1. The fourth-order valence-electron chi connectivity index (χ4n) is 2.16. The minimum Gasteiger partial charge on any atom is -0.456 e. The van der Waals surface area contributed by atoms with Crippen LogP contribution in [0.15, 0.2) is 70.9 Å². The van der Waals surface area contributed by atoms with E-state index >= 15 is 0 Å². The van der Waals surface area contributed by atoms with Gasteiger partial charge in [0.05, 0.1) is 15.1 Å². The SMILES string of the molecule is [2H]c1c([2H])c([2H])c(-c2c([2H])c(C)c3c(oc4c([2H])c([2H])c([2H])c([2H])c43)c2[2H])c([2H])c1[2H]. The molecule has 0 amide bonds. The lowest BCUT2D eigenvalue weighted by atomic mass is 10.00. The Morgan fingerprint density at radius 2 is 1.55 bits per heavy atom. The molecule has 1 heteroatoms. The Kier molecular flexibility index (Phi) is 1.01. The van der Waals surface area contributed by atoms with E-state index in [1.807, 2.05) is 0 Å². The average Bonchev–Trinajstić information content (AvgIpc) is 3.15. The van der Waals surface area contributed by atoms with Gasteiger partial charge in [-0.25, -0.2) is 0 Å². The van der Waals surface area contributed by atoms with Gasteiger partial charge in [0.1, 0.15) is 11.2 Å². The first kappa shape index (κ1) is 4.78. The van der Waals surface area contributed by atoms with Gasteiger partial charge in [0.15, 0.2) is 0 Å². The van der Waals surface area contributed by atoms with Crippen LogP contribution in [0.2, 0.25) is 0 Å². The summed E-state index contributed by atoms with van der Waals surface area (Å²) in [6, 6.07) is -5.42. The maximum atomic E-state index is 8.62. The Hall–Kier alpha value is -2.54. The fraction of sp³-hybridized carbons (Fsp3) is 0.0526. The van der Waals surface area contributed by atoms with Gasteiger partial charge in [-0.15, -0.1) is 0 Å². The zero-order valence-corrected chi connectivity index (χ0v) is 10.4. The predicted octanol–water partition coefficient (Wildman–Crippen LogP) is 5.56. The van der Waals surface area contributed by atoms with Gasteiger partial charge in [-0.2, -0.15) is 0 Å². The molecule has 20 heavy (non-hydrogen) atoms. The van der Waals surface area contributed by atoms with Gasteiger partial charge in [-0.1, -0.05) is 54.4 Å². The molecule has 0 radical (unpaired) electrons. The quantitative estimate of drug-likeness (QED) is 0.441. The van der Waals surface area contributed by atoms with Gasteiger partial charge in [-0.3, -0.25) is 0 Å². The Morgan fingerprint density at radius 3 is 2.40 bits per heavy atom. The standard InChI is InChI=1S/C19H14O/c1-13-11-15(14-7-3-2-4-8-14)12-18-19(13)16-9-5-6-10-17(16)20-18/h2-12H,1H3/i2D,3D,4D,5D,6D,7D,8D,9D,10D,11D,12D. The van der Waals surface area contributed by atoms with Crippen LogP contribution in [0.3, 0.4) is 0 Å². The highest BCUT2D eigenvalue weighted by atomic mass is 16.3. The lowest BCUT2D eigenvalue weighted by molar-refractivity contribution is 0.669. The normalized spacial score (nSPS) is 18.9. The van der Waals surface area contributed by atoms with Crippen molar-refractivity contribution in [1.82, 2.24) is 0 Å². The number of fused-ring (bicyclic) bond motifs is 3. The minimum absolute atomic E-state index is 0.0353. The Morgan fingerprint density at radius 1 is 0.800 bits per heavy atom. The van der Waals surface area contributed by atoms with Gasteiger partial charge >= 0.3 is 0 Å². The number of furan rings is 1. The molecule has 0 atom stereocenters. The summed E-state index contributed by atoms with van der Waals surface area (Å²) >= 11 is 0. The Balaban J connectivity index is 2.27. The van der Waals surface area contributed by atoms with Crippen molar-refractivity contribution in [3.63, 3.8) is 0 Å². The third-order valence-electron chi connectivity index (χ3n) is 3.01. The largest absolute Gasteiger partial charge is 0.456 e. The summed E-state index contributed by atoms with van der Waals surface area (Å²) in [7, 11) is 0. The van der Waals surface area contributed by atoms with E-state index in [1.165, 1.54) is 6.92 Å². The minimum atomic E-state index is -0.600. The second kappa shape index (κ2) is 4.24. The molecule has 4 aromatic rings.